The molecule has 0 spiro atoms. The largest absolute Gasteiger partial charge is 0.478 e. The number of unbranched alkanes of at least 4 members (excludes halogenated alkanes) is 1. The molecule has 0 aliphatic carbocycles. The average Bonchev–Trinajstić information content (AvgIpc) is 2.68. The van der Waals surface area contributed by atoms with Gasteiger partial charge in [0.2, 0.25) is 0 Å². The molecule has 0 amide bonds. The van der Waals surface area contributed by atoms with Crippen molar-refractivity contribution in [3.63, 3.8) is 0 Å². The summed E-state index contributed by atoms with van der Waals surface area (Å²) < 4.78 is 2.00. The molecule has 1 aromatic heterocycles. The van der Waals surface area contributed by atoms with Crippen LogP contribution in [0.25, 0.3) is 11.1 Å². The normalized spacial score (nSPS) is 10.7. The van der Waals surface area contributed by atoms with E-state index in [2.05, 4.69) is 11.9 Å². The number of benzene rings is 2. The van der Waals surface area contributed by atoms with E-state index >= 15 is 0 Å². The van der Waals surface area contributed by atoms with Crippen LogP contribution in [0.15, 0.2) is 65.6 Å². The maximum Gasteiger partial charge on any atom is 0.336 e. The Morgan fingerprint density at radius 3 is 2.52 bits per heavy atom. The molecule has 0 saturated heterocycles. The number of aromatic carboxylic acids is 1. The predicted octanol–water partition coefficient (Wildman–Crippen LogP) is 4.00. The average molecular weight is 362 g/mol. The van der Waals surface area contributed by atoms with Crippen LogP contribution in [-0.4, -0.2) is 20.6 Å². The highest BCUT2D eigenvalue weighted by Gasteiger charge is 2.11. The van der Waals surface area contributed by atoms with Crippen molar-refractivity contribution in [1.29, 1.82) is 0 Å². The molecule has 2 aromatic carbocycles. The standard InChI is InChI=1S/C22H22N2O3/c1-2-3-8-20-23-21(25)13-14-24(20)15-16-9-11-17(12-10-16)18-6-4-5-7-19(18)22(26)27/h4-7,9-14H,2-3,8,15H2,1H3,(H,26,27). The summed E-state index contributed by atoms with van der Waals surface area (Å²) in [6.07, 6.45) is 4.59. The molecule has 0 saturated carbocycles. The first kappa shape index (κ1) is 18.6. The summed E-state index contributed by atoms with van der Waals surface area (Å²) in [5.41, 5.74) is 2.70. The van der Waals surface area contributed by atoms with Crippen LogP contribution < -0.4 is 5.56 Å². The second kappa shape index (κ2) is 8.45. The van der Waals surface area contributed by atoms with Gasteiger partial charge in [0.05, 0.1) is 5.56 Å². The van der Waals surface area contributed by atoms with Gasteiger partial charge in [-0.05, 0) is 29.2 Å². The lowest BCUT2D eigenvalue weighted by Gasteiger charge is -2.13. The highest BCUT2D eigenvalue weighted by Crippen LogP contribution is 2.24. The topological polar surface area (TPSA) is 72.2 Å². The molecular formula is C22H22N2O3. The lowest BCUT2D eigenvalue weighted by atomic mass is 9.99. The van der Waals surface area contributed by atoms with Crippen LogP contribution in [0.4, 0.5) is 0 Å². The third-order valence-corrected chi connectivity index (χ3v) is 4.50. The highest BCUT2D eigenvalue weighted by atomic mass is 16.4. The van der Waals surface area contributed by atoms with Gasteiger partial charge < -0.3 is 9.67 Å². The number of carbonyl (C=O) groups is 1. The zero-order valence-electron chi connectivity index (χ0n) is 15.3. The van der Waals surface area contributed by atoms with Crippen LogP contribution in [0.2, 0.25) is 0 Å². The van der Waals surface area contributed by atoms with Gasteiger partial charge in [-0.1, -0.05) is 55.8 Å². The first-order valence-corrected chi connectivity index (χ1v) is 9.06. The fourth-order valence-corrected chi connectivity index (χ4v) is 3.05. The van der Waals surface area contributed by atoms with Gasteiger partial charge in [0.25, 0.3) is 5.56 Å². The van der Waals surface area contributed by atoms with Crippen LogP contribution in [0.1, 0.15) is 41.5 Å². The number of aromatic nitrogens is 2. The summed E-state index contributed by atoms with van der Waals surface area (Å²) in [6.45, 7) is 2.73. The van der Waals surface area contributed by atoms with Crippen LogP contribution in [0, 0.1) is 0 Å². The van der Waals surface area contributed by atoms with E-state index in [1.165, 1.54) is 6.07 Å². The van der Waals surface area contributed by atoms with Crippen molar-refractivity contribution in [3.05, 3.63) is 88.1 Å². The van der Waals surface area contributed by atoms with Gasteiger partial charge in [0.1, 0.15) is 5.82 Å². The highest BCUT2D eigenvalue weighted by molar-refractivity contribution is 5.95. The monoisotopic (exact) mass is 362 g/mol. The molecule has 5 heteroatoms. The molecule has 0 radical (unpaired) electrons. The molecule has 3 aromatic rings. The van der Waals surface area contributed by atoms with Crippen molar-refractivity contribution in [1.82, 2.24) is 9.55 Å². The van der Waals surface area contributed by atoms with Gasteiger partial charge in [0.15, 0.2) is 0 Å². The van der Waals surface area contributed by atoms with E-state index in [0.29, 0.717) is 12.1 Å². The molecule has 0 atom stereocenters. The van der Waals surface area contributed by atoms with E-state index in [0.717, 1.165) is 36.2 Å². The molecule has 0 fully saturated rings. The number of rotatable bonds is 7. The first-order valence-electron chi connectivity index (χ1n) is 9.06. The third-order valence-electron chi connectivity index (χ3n) is 4.50. The maximum atomic E-state index is 11.6. The van der Waals surface area contributed by atoms with Gasteiger partial charge in [0, 0.05) is 25.2 Å². The molecular weight excluding hydrogens is 340 g/mol. The lowest BCUT2D eigenvalue weighted by Crippen LogP contribution is -2.17. The molecule has 0 aliphatic rings. The molecule has 0 unspecified atom stereocenters. The predicted molar refractivity (Wildman–Crippen MR) is 105 cm³/mol. The van der Waals surface area contributed by atoms with Gasteiger partial charge in [-0.3, -0.25) is 4.79 Å². The minimum absolute atomic E-state index is 0.210. The van der Waals surface area contributed by atoms with Crippen molar-refractivity contribution in [2.75, 3.05) is 0 Å². The summed E-state index contributed by atoms with van der Waals surface area (Å²) in [6, 6.07) is 16.3. The number of nitrogens with zero attached hydrogens (tertiary/aromatic N) is 2. The molecule has 3 rings (SSSR count). The Labute approximate surface area is 158 Å². The second-order valence-corrected chi connectivity index (χ2v) is 6.46. The summed E-state index contributed by atoms with van der Waals surface area (Å²) in [5.74, 6) is -0.140. The minimum atomic E-state index is -0.936. The molecule has 138 valence electrons. The maximum absolute atomic E-state index is 11.6. The zero-order valence-corrected chi connectivity index (χ0v) is 15.3. The van der Waals surface area contributed by atoms with Gasteiger partial charge in [-0.2, -0.15) is 4.98 Å². The Balaban J connectivity index is 1.85. The van der Waals surface area contributed by atoms with Crippen molar-refractivity contribution >= 4 is 5.97 Å². The number of carboxylic acids is 1. The van der Waals surface area contributed by atoms with Crippen LogP contribution in [0.3, 0.4) is 0 Å². The van der Waals surface area contributed by atoms with E-state index in [-0.39, 0.29) is 11.1 Å². The molecule has 0 aliphatic heterocycles. The van der Waals surface area contributed by atoms with Crippen molar-refractivity contribution in [3.8, 4) is 11.1 Å². The third kappa shape index (κ3) is 4.50. The Bertz CT molecular complexity index is 991. The SMILES string of the molecule is CCCCc1nc(=O)ccn1Cc1ccc(-c2ccccc2C(=O)O)cc1. The number of hydrogen-bond acceptors (Lipinski definition) is 3. The van der Waals surface area contributed by atoms with Gasteiger partial charge in [-0.25, -0.2) is 4.79 Å². The molecule has 5 nitrogen and oxygen atoms in total. The summed E-state index contributed by atoms with van der Waals surface area (Å²) in [4.78, 5) is 27.1. The molecule has 0 bridgehead atoms. The lowest BCUT2D eigenvalue weighted by molar-refractivity contribution is 0.0697. The van der Waals surface area contributed by atoms with E-state index in [9.17, 15) is 14.7 Å². The Morgan fingerprint density at radius 1 is 1.07 bits per heavy atom. The summed E-state index contributed by atoms with van der Waals surface area (Å²) >= 11 is 0. The Kier molecular flexibility index (Phi) is 5.81. The summed E-state index contributed by atoms with van der Waals surface area (Å²) in [5, 5.41) is 9.36. The first-order chi connectivity index (χ1) is 13.1. The van der Waals surface area contributed by atoms with E-state index in [1.807, 2.05) is 41.0 Å². The van der Waals surface area contributed by atoms with Gasteiger partial charge >= 0.3 is 5.97 Å². The minimum Gasteiger partial charge on any atom is -0.478 e. The Hall–Kier alpha value is -3.21. The van der Waals surface area contributed by atoms with Crippen molar-refractivity contribution in [2.24, 2.45) is 0 Å². The Morgan fingerprint density at radius 2 is 1.81 bits per heavy atom. The van der Waals surface area contributed by atoms with Crippen LogP contribution in [0.5, 0.6) is 0 Å². The second-order valence-electron chi connectivity index (χ2n) is 6.46. The zero-order chi connectivity index (χ0) is 19.2. The van der Waals surface area contributed by atoms with Crippen molar-refractivity contribution < 1.29 is 9.90 Å². The number of aryl methyl sites for hydroxylation is 1. The fraction of sp³-hybridized carbons (Fsp3) is 0.227. The fourth-order valence-electron chi connectivity index (χ4n) is 3.05. The quantitative estimate of drug-likeness (QED) is 0.689. The van der Waals surface area contributed by atoms with Crippen LogP contribution >= 0.6 is 0 Å². The number of hydrogen-bond donors (Lipinski definition) is 1. The molecule has 1 N–H and O–H groups in total. The van der Waals surface area contributed by atoms with E-state index in [4.69, 9.17) is 0 Å². The van der Waals surface area contributed by atoms with E-state index < -0.39 is 5.97 Å². The molecule has 1 heterocycles. The van der Waals surface area contributed by atoms with Crippen molar-refractivity contribution in [2.45, 2.75) is 32.7 Å². The smallest absolute Gasteiger partial charge is 0.336 e. The van der Waals surface area contributed by atoms with E-state index in [1.54, 1.807) is 18.3 Å². The molecule has 27 heavy (non-hydrogen) atoms. The summed E-state index contributed by atoms with van der Waals surface area (Å²) in [7, 11) is 0. The van der Waals surface area contributed by atoms with Crippen LogP contribution in [-0.2, 0) is 13.0 Å². The number of carboxylic acid groups (broad SMARTS) is 1. The van der Waals surface area contributed by atoms with Gasteiger partial charge in [-0.15, -0.1) is 0 Å².